The van der Waals surface area contributed by atoms with Crippen LogP contribution in [-0.2, 0) is 23.1 Å². The molecule has 1 aliphatic carbocycles. The number of ether oxygens (including phenoxy) is 2. The molecule has 0 aromatic heterocycles. The molecule has 10 heteroatoms. The highest BCUT2D eigenvalue weighted by Crippen LogP contribution is 2.50. The molecular weight excluding hydrogens is 811 g/mol. The van der Waals surface area contributed by atoms with Gasteiger partial charge in [0.1, 0.15) is 40.9 Å². The lowest BCUT2D eigenvalue weighted by molar-refractivity contribution is 0.0954. The summed E-state index contributed by atoms with van der Waals surface area (Å²) in [7, 11) is 0. The second-order valence-electron chi connectivity index (χ2n) is 17.5. The Labute approximate surface area is 362 Å². The summed E-state index contributed by atoms with van der Waals surface area (Å²) in [5, 5.41) is 33.3. The van der Waals surface area contributed by atoms with E-state index in [9.17, 15) is 15.8 Å². The number of nitriles is 3. The normalized spacial score (nSPS) is 19.4. The largest absolute Gasteiger partial charge is 0.480 e. The highest BCUT2D eigenvalue weighted by molar-refractivity contribution is 9.10. The van der Waals surface area contributed by atoms with Gasteiger partial charge in [0, 0.05) is 44.8 Å². The van der Waals surface area contributed by atoms with Gasteiger partial charge in [-0.15, -0.1) is 0 Å². The maximum absolute atomic E-state index is 10.3. The van der Waals surface area contributed by atoms with Crippen LogP contribution in [0.5, 0.6) is 5.75 Å². The first-order chi connectivity index (χ1) is 28.6. The Hall–Kier alpha value is -6.24. The highest BCUT2D eigenvalue weighted by atomic mass is 79.9. The molecule has 3 aromatic carbocycles. The Kier molecular flexibility index (Phi) is 13.0. The van der Waals surface area contributed by atoms with Gasteiger partial charge in [0.2, 0.25) is 0 Å². The molecule has 1 unspecified atom stereocenters. The maximum atomic E-state index is 10.3. The van der Waals surface area contributed by atoms with Gasteiger partial charge in [-0.25, -0.2) is 0 Å². The minimum absolute atomic E-state index is 0.00779. The van der Waals surface area contributed by atoms with E-state index in [2.05, 4.69) is 132 Å². The number of azide groups is 1. The molecule has 0 fully saturated rings. The van der Waals surface area contributed by atoms with Crippen LogP contribution in [0.15, 0.2) is 152 Å². The van der Waals surface area contributed by atoms with Gasteiger partial charge < -0.3 is 14.4 Å². The maximum Gasteiger partial charge on any atom is 0.172 e. The van der Waals surface area contributed by atoms with Crippen LogP contribution in [0.1, 0.15) is 84.4 Å². The zero-order valence-corrected chi connectivity index (χ0v) is 37.0. The van der Waals surface area contributed by atoms with Gasteiger partial charge in [-0.1, -0.05) is 116 Å². The van der Waals surface area contributed by atoms with Gasteiger partial charge in [0.05, 0.1) is 0 Å². The first kappa shape index (κ1) is 43.3. The number of anilines is 1. The number of halogens is 1. The molecule has 1 atom stereocenters. The summed E-state index contributed by atoms with van der Waals surface area (Å²) >= 11 is 3.59. The molecule has 0 amide bonds. The first-order valence-electron chi connectivity index (χ1n) is 20.2. The van der Waals surface area contributed by atoms with Gasteiger partial charge >= 0.3 is 0 Å². The number of hydrogen-bond donors (Lipinski definition) is 0. The quantitative estimate of drug-likeness (QED) is 0.0618. The lowest BCUT2D eigenvalue weighted by atomic mass is 9.70. The van der Waals surface area contributed by atoms with Crippen molar-refractivity contribution < 1.29 is 9.47 Å². The van der Waals surface area contributed by atoms with Crippen LogP contribution in [0.3, 0.4) is 0 Å². The number of para-hydroxylation sites is 1. The number of hydrogen-bond acceptors (Lipinski definition) is 7. The Morgan fingerprint density at radius 1 is 0.950 bits per heavy atom. The van der Waals surface area contributed by atoms with Gasteiger partial charge in [0.25, 0.3) is 0 Å². The third-order valence-electron chi connectivity index (χ3n) is 11.7. The number of allylic oxidation sites excluding steroid dienone is 8. The molecule has 3 aliphatic rings. The predicted molar refractivity (Wildman–Crippen MR) is 240 cm³/mol. The van der Waals surface area contributed by atoms with Crippen LogP contribution in [0.2, 0.25) is 0 Å². The third kappa shape index (κ3) is 9.30. The summed E-state index contributed by atoms with van der Waals surface area (Å²) in [6, 6.07) is 31.2. The Morgan fingerprint density at radius 2 is 1.63 bits per heavy atom. The molecular formula is C50H50BrN7O2. The fraction of sp³-hybridized carbons (Fsp3) is 0.340. The van der Waals surface area contributed by atoms with Crippen LogP contribution in [0.4, 0.5) is 5.69 Å². The van der Waals surface area contributed by atoms with E-state index >= 15 is 0 Å². The number of benzene rings is 3. The summed E-state index contributed by atoms with van der Waals surface area (Å²) in [6.45, 7) is 16.2. The van der Waals surface area contributed by atoms with Crippen molar-refractivity contribution in [3.05, 3.63) is 174 Å². The number of nitrogens with zero attached hydrogens (tertiary/aromatic N) is 7. The van der Waals surface area contributed by atoms with Crippen LogP contribution >= 0.6 is 15.9 Å². The zero-order chi connectivity index (χ0) is 43.2. The zero-order valence-electron chi connectivity index (χ0n) is 35.4. The molecule has 3 aromatic rings. The van der Waals surface area contributed by atoms with E-state index in [4.69, 9.17) is 15.0 Å². The predicted octanol–water partition coefficient (Wildman–Crippen LogP) is 13.1. The summed E-state index contributed by atoms with van der Waals surface area (Å²) in [5.41, 5.74) is 15.9. The van der Waals surface area contributed by atoms with Crippen molar-refractivity contribution in [3.8, 4) is 24.0 Å². The van der Waals surface area contributed by atoms with Crippen molar-refractivity contribution in [2.45, 2.75) is 91.7 Å². The number of fused-ring (bicyclic) bond motifs is 1. The van der Waals surface area contributed by atoms with Crippen LogP contribution < -0.4 is 9.64 Å². The molecule has 0 saturated heterocycles. The van der Waals surface area contributed by atoms with Crippen molar-refractivity contribution in [1.29, 1.82) is 15.8 Å². The molecule has 6 rings (SSSR count). The summed E-state index contributed by atoms with van der Waals surface area (Å²) in [5.74, 6) is 1.69. The average Bonchev–Trinajstić information content (AvgIpc) is 3.60. The topological polar surface area (TPSA) is 142 Å². The highest BCUT2D eigenvalue weighted by Gasteiger charge is 2.41. The summed E-state index contributed by atoms with van der Waals surface area (Å²) in [4.78, 5) is 5.29. The van der Waals surface area contributed by atoms with Gasteiger partial charge in [0.15, 0.2) is 11.3 Å². The van der Waals surface area contributed by atoms with Crippen molar-refractivity contribution >= 4 is 21.6 Å². The van der Waals surface area contributed by atoms with Crippen molar-refractivity contribution in [3.63, 3.8) is 0 Å². The number of rotatable bonds is 11. The van der Waals surface area contributed by atoms with E-state index in [1.807, 2.05) is 62.4 Å². The molecule has 2 aliphatic heterocycles. The SMILES string of the molecule is CC1(C)OC(=C(C#N)C#N)C(C#N)=C1C=CC1=C(Oc2ccc(CCCN=[N+]=[N-])cc2)C(=CC=C2N(Cc3ccc(Br)cc3)c3ccccc3C2(C)C)CC(C(C)(C)C)C1. The standard InChI is InChI=1S/C50H50BrN7O2/c1-48(2,3)38-27-35(18-24-42-41(31-54)47(37(29-52)30-53)60-50(42,6)7)46(59-40-22-16-33(17-23-40)11-10-26-56-57-55)36(28-38)19-25-45-49(4,5)43-12-8-9-13-44(43)58(45)32-34-14-20-39(51)21-15-34/h8-9,12-25,38H,10-11,26-28,32H2,1-7H3. The summed E-state index contributed by atoms with van der Waals surface area (Å²) in [6.07, 6.45) is 11.4. The molecule has 0 saturated carbocycles. The molecule has 0 radical (unpaired) electrons. The van der Waals surface area contributed by atoms with Crippen molar-refractivity contribution in [2.24, 2.45) is 16.4 Å². The van der Waals surface area contributed by atoms with E-state index in [-0.39, 0.29) is 33.7 Å². The number of aryl methyl sites for hydroxylation is 1. The minimum atomic E-state index is -0.964. The fourth-order valence-electron chi connectivity index (χ4n) is 8.20. The molecule has 0 bridgehead atoms. The summed E-state index contributed by atoms with van der Waals surface area (Å²) < 4.78 is 14.1. The van der Waals surface area contributed by atoms with E-state index in [1.165, 1.54) is 22.5 Å². The third-order valence-corrected chi connectivity index (χ3v) is 12.2. The molecule has 0 spiro atoms. The Balaban J connectivity index is 1.52. The molecule has 0 N–H and O–H groups in total. The van der Waals surface area contributed by atoms with E-state index < -0.39 is 5.60 Å². The second kappa shape index (κ2) is 17.9. The first-order valence-corrected chi connectivity index (χ1v) is 21.0. The molecule has 304 valence electrons. The lowest BCUT2D eigenvalue weighted by Gasteiger charge is -2.36. The van der Waals surface area contributed by atoms with Crippen LogP contribution in [0.25, 0.3) is 10.4 Å². The lowest BCUT2D eigenvalue weighted by Crippen LogP contribution is -2.27. The Bertz CT molecular complexity index is 2500. The smallest absolute Gasteiger partial charge is 0.172 e. The molecule has 2 heterocycles. The average molecular weight is 861 g/mol. The van der Waals surface area contributed by atoms with Crippen molar-refractivity contribution in [1.82, 2.24) is 0 Å². The Morgan fingerprint density at radius 3 is 2.28 bits per heavy atom. The van der Waals surface area contributed by atoms with Crippen LogP contribution in [-0.4, -0.2) is 12.1 Å². The fourth-order valence-corrected chi connectivity index (χ4v) is 8.46. The van der Waals surface area contributed by atoms with Crippen LogP contribution in [0, 0.1) is 45.3 Å². The van der Waals surface area contributed by atoms with E-state index in [0.717, 1.165) is 46.2 Å². The van der Waals surface area contributed by atoms with Gasteiger partial charge in [-0.3, -0.25) is 0 Å². The monoisotopic (exact) mass is 859 g/mol. The minimum Gasteiger partial charge on any atom is -0.480 e. The van der Waals surface area contributed by atoms with E-state index in [0.29, 0.717) is 30.8 Å². The molecule has 60 heavy (non-hydrogen) atoms. The second-order valence-corrected chi connectivity index (χ2v) is 18.4. The van der Waals surface area contributed by atoms with E-state index in [1.54, 1.807) is 0 Å². The van der Waals surface area contributed by atoms with Gasteiger partial charge in [-0.2, -0.15) is 15.8 Å². The molecule has 9 nitrogen and oxygen atoms in total. The van der Waals surface area contributed by atoms with Crippen molar-refractivity contribution in [2.75, 3.05) is 11.4 Å². The van der Waals surface area contributed by atoms with Gasteiger partial charge in [-0.05, 0) is 121 Å².